The number of fused-ring (bicyclic) bond motifs is 2. The standard InChI is InChI=1S/C16H28N2O2/c1-3-11(16(19)20)9-14-15-13(10-17(14)4-2)12-5-7-18(15)8-6-12/h11-15H,3-10H2,1-2H3,(H,19,20). The van der Waals surface area contributed by atoms with Crippen molar-refractivity contribution in [3.05, 3.63) is 0 Å². The second-order valence-corrected chi connectivity index (χ2v) is 6.86. The third-order valence-corrected chi connectivity index (χ3v) is 6.12. The summed E-state index contributed by atoms with van der Waals surface area (Å²) in [4.78, 5) is 16.6. The van der Waals surface area contributed by atoms with Gasteiger partial charge in [-0.25, -0.2) is 0 Å². The highest BCUT2D eigenvalue weighted by molar-refractivity contribution is 5.69. The number of aliphatic carboxylic acids is 1. The molecule has 0 spiro atoms. The summed E-state index contributed by atoms with van der Waals surface area (Å²) in [5.74, 6) is 0.917. The zero-order valence-electron chi connectivity index (χ0n) is 12.8. The summed E-state index contributed by atoms with van der Waals surface area (Å²) in [5, 5.41) is 9.39. The van der Waals surface area contributed by atoms with Crippen molar-refractivity contribution >= 4 is 5.97 Å². The topological polar surface area (TPSA) is 43.8 Å². The molecule has 114 valence electrons. The van der Waals surface area contributed by atoms with Gasteiger partial charge >= 0.3 is 5.97 Å². The molecule has 4 heterocycles. The van der Waals surface area contributed by atoms with Gasteiger partial charge in [0.25, 0.3) is 0 Å². The average molecular weight is 280 g/mol. The van der Waals surface area contributed by atoms with E-state index < -0.39 is 5.97 Å². The van der Waals surface area contributed by atoms with Crippen molar-refractivity contribution in [1.29, 1.82) is 0 Å². The normalized spacial score (nSPS) is 41.6. The van der Waals surface area contributed by atoms with E-state index in [0.717, 1.165) is 31.2 Å². The number of likely N-dealkylation sites (N-methyl/N-ethyl adjacent to an activating group) is 1. The van der Waals surface area contributed by atoms with Gasteiger partial charge in [0, 0.05) is 18.6 Å². The van der Waals surface area contributed by atoms with Gasteiger partial charge in [-0.3, -0.25) is 14.6 Å². The van der Waals surface area contributed by atoms with Crippen LogP contribution in [0.15, 0.2) is 0 Å². The van der Waals surface area contributed by atoms with Gasteiger partial charge in [0.1, 0.15) is 0 Å². The Morgan fingerprint density at radius 2 is 2.00 bits per heavy atom. The first-order valence-corrected chi connectivity index (χ1v) is 8.36. The molecule has 4 aliphatic heterocycles. The van der Waals surface area contributed by atoms with Crippen LogP contribution >= 0.6 is 0 Å². The van der Waals surface area contributed by atoms with E-state index in [4.69, 9.17) is 0 Å². The van der Waals surface area contributed by atoms with Gasteiger partial charge in [-0.1, -0.05) is 13.8 Å². The largest absolute Gasteiger partial charge is 0.481 e. The van der Waals surface area contributed by atoms with Gasteiger partial charge in [-0.2, -0.15) is 0 Å². The average Bonchev–Trinajstić information content (AvgIpc) is 2.86. The predicted octanol–water partition coefficient (Wildman–Crippen LogP) is 1.90. The highest BCUT2D eigenvalue weighted by Crippen LogP contribution is 2.45. The highest BCUT2D eigenvalue weighted by atomic mass is 16.4. The lowest BCUT2D eigenvalue weighted by atomic mass is 9.73. The minimum absolute atomic E-state index is 0.172. The third kappa shape index (κ3) is 2.27. The van der Waals surface area contributed by atoms with Gasteiger partial charge in [0.2, 0.25) is 0 Å². The number of carboxylic acid groups (broad SMARTS) is 1. The summed E-state index contributed by atoms with van der Waals surface area (Å²) in [7, 11) is 0. The predicted molar refractivity (Wildman–Crippen MR) is 78.6 cm³/mol. The summed E-state index contributed by atoms with van der Waals surface area (Å²) < 4.78 is 0. The highest BCUT2D eigenvalue weighted by Gasteiger charge is 2.52. The van der Waals surface area contributed by atoms with Crippen LogP contribution in [0.25, 0.3) is 0 Å². The molecule has 4 saturated heterocycles. The van der Waals surface area contributed by atoms with Crippen LogP contribution in [-0.4, -0.2) is 59.1 Å². The summed E-state index contributed by atoms with van der Waals surface area (Å²) >= 11 is 0. The molecule has 4 fully saturated rings. The number of carbonyl (C=O) groups is 1. The molecule has 4 heteroatoms. The molecule has 0 aliphatic carbocycles. The second-order valence-electron chi connectivity index (χ2n) is 6.86. The van der Waals surface area contributed by atoms with Crippen molar-refractivity contribution < 1.29 is 9.90 Å². The molecule has 0 aromatic rings. The first-order valence-electron chi connectivity index (χ1n) is 8.36. The van der Waals surface area contributed by atoms with E-state index in [0.29, 0.717) is 12.1 Å². The lowest BCUT2D eigenvalue weighted by molar-refractivity contribution is -0.142. The van der Waals surface area contributed by atoms with Crippen LogP contribution in [0.1, 0.15) is 39.5 Å². The summed E-state index contributed by atoms with van der Waals surface area (Å²) in [5.41, 5.74) is 0. The molecule has 1 N–H and O–H groups in total. The molecule has 0 saturated carbocycles. The fourth-order valence-corrected chi connectivity index (χ4v) is 4.99. The SMILES string of the molecule is CCC(CC1C2C(CN1CC)C1CCN2CC1)C(=O)O. The number of carboxylic acids is 1. The van der Waals surface area contributed by atoms with E-state index in [9.17, 15) is 9.90 Å². The quantitative estimate of drug-likeness (QED) is 0.835. The van der Waals surface area contributed by atoms with Crippen LogP contribution in [0, 0.1) is 17.8 Å². The van der Waals surface area contributed by atoms with Crippen molar-refractivity contribution in [2.75, 3.05) is 26.2 Å². The van der Waals surface area contributed by atoms with E-state index in [1.807, 2.05) is 6.92 Å². The molecule has 0 aromatic carbocycles. The molecule has 2 bridgehead atoms. The van der Waals surface area contributed by atoms with Crippen LogP contribution < -0.4 is 0 Å². The minimum atomic E-state index is -0.608. The number of rotatable bonds is 5. The van der Waals surface area contributed by atoms with Gasteiger partial charge in [-0.05, 0) is 57.2 Å². The summed E-state index contributed by atoms with van der Waals surface area (Å²) in [6.07, 6.45) is 4.32. The summed E-state index contributed by atoms with van der Waals surface area (Å²) in [6, 6.07) is 1.10. The van der Waals surface area contributed by atoms with Crippen molar-refractivity contribution in [2.45, 2.75) is 51.6 Å². The van der Waals surface area contributed by atoms with Crippen molar-refractivity contribution in [2.24, 2.45) is 17.8 Å². The van der Waals surface area contributed by atoms with Crippen LogP contribution in [0.5, 0.6) is 0 Å². The molecule has 4 aliphatic rings. The number of nitrogens with zero attached hydrogens (tertiary/aromatic N) is 2. The molecule has 4 unspecified atom stereocenters. The molecule has 0 amide bonds. The fourth-order valence-electron chi connectivity index (χ4n) is 4.99. The molecule has 0 aromatic heterocycles. The Morgan fingerprint density at radius 1 is 1.30 bits per heavy atom. The number of piperidine rings is 3. The first kappa shape index (κ1) is 14.3. The van der Waals surface area contributed by atoms with Gasteiger partial charge in [0.15, 0.2) is 0 Å². The fraction of sp³-hybridized carbons (Fsp3) is 0.938. The van der Waals surface area contributed by atoms with E-state index in [2.05, 4.69) is 16.7 Å². The van der Waals surface area contributed by atoms with Crippen LogP contribution in [0.3, 0.4) is 0 Å². The van der Waals surface area contributed by atoms with Gasteiger partial charge in [-0.15, -0.1) is 0 Å². The van der Waals surface area contributed by atoms with Crippen LogP contribution in [0.2, 0.25) is 0 Å². The zero-order chi connectivity index (χ0) is 14.3. The van der Waals surface area contributed by atoms with E-state index in [1.165, 1.54) is 32.5 Å². The number of hydrogen-bond acceptors (Lipinski definition) is 3. The molecular weight excluding hydrogens is 252 g/mol. The minimum Gasteiger partial charge on any atom is -0.481 e. The van der Waals surface area contributed by atoms with E-state index in [-0.39, 0.29) is 5.92 Å². The molecule has 4 atom stereocenters. The van der Waals surface area contributed by atoms with Crippen molar-refractivity contribution in [1.82, 2.24) is 9.80 Å². The van der Waals surface area contributed by atoms with Gasteiger partial charge in [0.05, 0.1) is 5.92 Å². The molecule has 4 nitrogen and oxygen atoms in total. The second kappa shape index (κ2) is 5.64. The Kier molecular flexibility index (Phi) is 4.04. The monoisotopic (exact) mass is 280 g/mol. The van der Waals surface area contributed by atoms with Crippen molar-refractivity contribution in [3.8, 4) is 0 Å². The lowest BCUT2D eigenvalue weighted by Crippen LogP contribution is -2.57. The Bertz CT molecular complexity index is 365. The van der Waals surface area contributed by atoms with Crippen LogP contribution in [-0.2, 0) is 4.79 Å². The summed E-state index contributed by atoms with van der Waals surface area (Å²) in [6.45, 7) is 8.98. The molecule has 20 heavy (non-hydrogen) atoms. The van der Waals surface area contributed by atoms with Crippen LogP contribution in [0.4, 0.5) is 0 Å². The van der Waals surface area contributed by atoms with Gasteiger partial charge < -0.3 is 5.11 Å². The Labute approximate surface area is 122 Å². The molecule has 0 radical (unpaired) electrons. The first-order chi connectivity index (χ1) is 9.65. The van der Waals surface area contributed by atoms with E-state index in [1.54, 1.807) is 0 Å². The maximum atomic E-state index is 11.4. The third-order valence-electron chi connectivity index (χ3n) is 6.12. The lowest BCUT2D eigenvalue weighted by Gasteiger charge is -2.49. The Balaban J connectivity index is 1.78. The zero-order valence-corrected chi connectivity index (χ0v) is 12.8. The number of hydrogen-bond donors (Lipinski definition) is 1. The number of likely N-dealkylation sites (tertiary alicyclic amines) is 1. The maximum absolute atomic E-state index is 11.4. The van der Waals surface area contributed by atoms with Crippen molar-refractivity contribution in [3.63, 3.8) is 0 Å². The smallest absolute Gasteiger partial charge is 0.306 e. The van der Waals surface area contributed by atoms with E-state index >= 15 is 0 Å². The maximum Gasteiger partial charge on any atom is 0.306 e. The Hall–Kier alpha value is -0.610. The molecular formula is C16H28N2O2. The Morgan fingerprint density at radius 3 is 2.55 bits per heavy atom. The molecule has 4 rings (SSSR count).